The van der Waals surface area contributed by atoms with E-state index in [0.717, 1.165) is 12.2 Å². The monoisotopic (exact) mass is 507 g/mol. The summed E-state index contributed by atoms with van der Waals surface area (Å²) in [5, 5.41) is 4.27. The maximum atomic E-state index is 11.9. The van der Waals surface area contributed by atoms with Gasteiger partial charge in [-0.15, -0.1) is 0 Å². The zero-order chi connectivity index (χ0) is 26.6. The van der Waals surface area contributed by atoms with Gasteiger partial charge in [0.25, 0.3) is 0 Å². The number of aromatic nitrogens is 1. The van der Waals surface area contributed by atoms with Gasteiger partial charge in [-0.1, -0.05) is 51.9 Å². The number of carbonyl (C=O) groups is 1. The van der Waals surface area contributed by atoms with E-state index in [0.29, 0.717) is 47.0 Å². The number of esters is 1. The van der Waals surface area contributed by atoms with Crippen LogP contribution in [0.25, 0.3) is 0 Å². The smallest absolute Gasteiger partial charge is 0.302 e. The lowest BCUT2D eigenvalue weighted by molar-refractivity contribution is -0.230. The molecule has 5 aliphatic carbocycles. The Morgan fingerprint density at radius 1 is 1.00 bits per heavy atom. The SMILES string of the molecule is C=C(C)[C@@H]1CC[C@]2(COC(C)=O)CC[C@]3(C)[C@H](CC[C@@H]4[C@@]5(C)Cc6cnoc6C(C)(C)[C@@H]5CC[C@]43C)[C@@H]12. The van der Waals surface area contributed by atoms with Crippen molar-refractivity contribution < 1.29 is 14.1 Å². The first kappa shape index (κ1) is 25.7. The van der Waals surface area contributed by atoms with E-state index in [-0.39, 0.29) is 22.2 Å². The number of carbonyl (C=O) groups excluding carboxylic acids is 1. The van der Waals surface area contributed by atoms with Crippen LogP contribution in [-0.4, -0.2) is 17.7 Å². The highest BCUT2D eigenvalue weighted by molar-refractivity contribution is 5.65. The van der Waals surface area contributed by atoms with Crippen molar-refractivity contribution in [3.8, 4) is 0 Å². The third kappa shape index (κ3) is 3.19. The summed E-state index contributed by atoms with van der Waals surface area (Å²) in [5.74, 6) is 4.15. The Morgan fingerprint density at radius 3 is 2.46 bits per heavy atom. The van der Waals surface area contributed by atoms with E-state index >= 15 is 0 Å². The van der Waals surface area contributed by atoms with E-state index in [1.165, 1.54) is 62.5 Å². The van der Waals surface area contributed by atoms with E-state index < -0.39 is 0 Å². The highest BCUT2D eigenvalue weighted by Crippen LogP contribution is 2.77. The molecule has 0 amide bonds. The molecular formula is C33H49NO3. The molecule has 6 rings (SSSR count). The van der Waals surface area contributed by atoms with Gasteiger partial charge in [-0.05, 0) is 111 Å². The first-order chi connectivity index (χ1) is 17.3. The van der Waals surface area contributed by atoms with E-state index in [9.17, 15) is 4.79 Å². The van der Waals surface area contributed by atoms with Crippen LogP contribution in [0.4, 0.5) is 0 Å². The molecule has 4 saturated carbocycles. The fourth-order valence-electron chi connectivity index (χ4n) is 12.1. The summed E-state index contributed by atoms with van der Waals surface area (Å²) in [7, 11) is 0. The van der Waals surface area contributed by atoms with Gasteiger partial charge in [0.15, 0.2) is 0 Å². The minimum atomic E-state index is -0.129. The number of fused-ring (bicyclic) bond motifs is 8. The van der Waals surface area contributed by atoms with Crippen LogP contribution in [0.1, 0.15) is 111 Å². The Kier molecular flexibility index (Phi) is 5.54. The summed E-state index contributed by atoms with van der Waals surface area (Å²) in [6.45, 7) is 21.7. The van der Waals surface area contributed by atoms with E-state index in [1.54, 1.807) is 6.92 Å². The average Bonchev–Trinajstić information content (AvgIpc) is 3.43. The molecule has 1 aromatic heterocycles. The molecule has 4 fully saturated rings. The van der Waals surface area contributed by atoms with Crippen LogP contribution in [-0.2, 0) is 21.4 Å². The zero-order valence-electron chi connectivity index (χ0n) is 24.4. The first-order valence-corrected chi connectivity index (χ1v) is 15.0. The minimum absolute atomic E-state index is 0.0279. The number of hydrogen-bond acceptors (Lipinski definition) is 4. The van der Waals surface area contributed by atoms with Gasteiger partial charge < -0.3 is 9.26 Å². The molecule has 0 aliphatic heterocycles. The Balaban J connectivity index is 1.40. The molecule has 0 unspecified atom stereocenters. The van der Waals surface area contributed by atoms with Gasteiger partial charge in [0.2, 0.25) is 0 Å². The molecule has 0 aromatic carbocycles. The second kappa shape index (κ2) is 7.98. The highest BCUT2D eigenvalue weighted by atomic mass is 16.5. The summed E-state index contributed by atoms with van der Waals surface area (Å²) in [4.78, 5) is 11.9. The lowest BCUT2D eigenvalue weighted by Crippen LogP contribution is -2.66. The van der Waals surface area contributed by atoms with Crippen molar-refractivity contribution >= 4 is 5.97 Å². The molecule has 9 atom stereocenters. The predicted octanol–water partition coefficient (Wildman–Crippen LogP) is 7.91. The second-order valence-electron chi connectivity index (χ2n) is 15.4. The van der Waals surface area contributed by atoms with E-state index in [1.807, 2.05) is 6.20 Å². The molecular weight excluding hydrogens is 458 g/mol. The van der Waals surface area contributed by atoms with Gasteiger partial charge in [0, 0.05) is 23.3 Å². The van der Waals surface area contributed by atoms with Crippen LogP contribution in [0.2, 0.25) is 0 Å². The summed E-state index contributed by atoms with van der Waals surface area (Å²) >= 11 is 0. The molecule has 1 aromatic rings. The molecule has 4 heteroatoms. The quantitative estimate of drug-likeness (QED) is 0.308. The first-order valence-electron chi connectivity index (χ1n) is 15.0. The van der Waals surface area contributed by atoms with Crippen LogP contribution in [0.15, 0.2) is 22.9 Å². The molecule has 0 saturated heterocycles. The lowest BCUT2D eigenvalue weighted by Gasteiger charge is -2.72. The predicted molar refractivity (Wildman–Crippen MR) is 146 cm³/mol. The standard InChI is InChI=1S/C33H49NO3/c1-20(2)23-11-14-33(19-36-21(3)35)16-15-31(7)24(27(23)33)9-10-26-30(6)17-22-18-34-37-28(22)29(4,5)25(30)12-13-32(26,31)8/h18,23-27H,1,9-17,19H2,2-8H3/t23-,24+,25-,26+,27+,30-,31+,32+,33+/m0/s1. The fourth-order valence-corrected chi connectivity index (χ4v) is 12.1. The molecule has 37 heavy (non-hydrogen) atoms. The van der Waals surface area contributed by atoms with E-state index in [4.69, 9.17) is 9.26 Å². The summed E-state index contributed by atoms with van der Waals surface area (Å²) in [6, 6.07) is 0. The van der Waals surface area contributed by atoms with E-state index in [2.05, 4.69) is 53.3 Å². The summed E-state index contributed by atoms with van der Waals surface area (Å²) < 4.78 is 11.7. The largest absolute Gasteiger partial charge is 0.465 e. The number of rotatable bonds is 3. The summed E-state index contributed by atoms with van der Waals surface area (Å²) in [5.41, 5.74) is 3.72. The molecule has 0 N–H and O–H groups in total. The Labute approximate surface area is 224 Å². The van der Waals surface area contributed by atoms with Crippen molar-refractivity contribution in [1.82, 2.24) is 5.16 Å². The minimum Gasteiger partial charge on any atom is -0.465 e. The van der Waals surface area contributed by atoms with Crippen LogP contribution in [0.3, 0.4) is 0 Å². The third-order valence-electron chi connectivity index (χ3n) is 13.7. The van der Waals surface area contributed by atoms with Crippen LogP contribution >= 0.6 is 0 Å². The van der Waals surface area contributed by atoms with Crippen molar-refractivity contribution in [2.75, 3.05) is 6.61 Å². The Hall–Kier alpha value is -1.58. The van der Waals surface area contributed by atoms with Crippen LogP contribution < -0.4 is 0 Å². The van der Waals surface area contributed by atoms with Gasteiger partial charge in [-0.2, -0.15) is 0 Å². The molecule has 0 spiro atoms. The van der Waals surface area contributed by atoms with Crippen molar-refractivity contribution in [2.24, 2.45) is 51.2 Å². The number of ether oxygens (including phenoxy) is 1. The molecule has 0 bridgehead atoms. The Morgan fingerprint density at radius 2 is 1.76 bits per heavy atom. The van der Waals surface area contributed by atoms with Crippen molar-refractivity contribution in [1.29, 1.82) is 0 Å². The molecule has 1 heterocycles. The average molecular weight is 508 g/mol. The Bertz CT molecular complexity index is 1120. The van der Waals surface area contributed by atoms with Crippen LogP contribution in [0, 0.1) is 51.2 Å². The lowest BCUT2D eigenvalue weighted by atomic mass is 9.32. The molecule has 204 valence electrons. The van der Waals surface area contributed by atoms with Gasteiger partial charge >= 0.3 is 5.97 Å². The van der Waals surface area contributed by atoms with Crippen LogP contribution in [0.5, 0.6) is 0 Å². The van der Waals surface area contributed by atoms with Gasteiger partial charge in [0.05, 0.1) is 12.8 Å². The zero-order valence-corrected chi connectivity index (χ0v) is 24.4. The van der Waals surface area contributed by atoms with Crippen molar-refractivity contribution in [3.05, 3.63) is 29.7 Å². The topological polar surface area (TPSA) is 52.3 Å². The molecule has 5 aliphatic rings. The van der Waals surface area contributed by atoms with Gasteiger partial charge in [-0.3, -0.25) is 4.79 Å². The van der Waals surface area contributed by atoms with Crippen molar-refractivity contribution in [3.63, 3.8) is 0 Å². The maximum absolute atomic E-state index is 11.9. The van der Waals surface area contributed by atoms with Gasteiger partial charge in [0.1, 0.15) is 5.76 Å². The van der Waals surface area contributed by atoms with Crippen molar-refractivity contribution in [2.45, 2.75) is 112 Å². The number of hydrogen-bond donors (Lipinski definition) is 0. The third-order valence-corrected chi connectivity index (χ3v) is 13.7. The molecule has 4 nitrogen and oxygen atoms in total. The van der Waals surface area contributed by atoms with Gasteiger partial charge in [-0.25, -0.2) is 0 Å². The second-order valence-corrected chi connectivity index (χ2v) is 15.4. The molecule has 0 radical (unpaired) electrons. The highest BCUT2D eigenvalue weighted by Gasteiger charge is 2.71. The normalized spacial score (nSPS) is 47.6. The summed E-state index contributed by atoms with van der Waals surface area (Å²) in [6.07, 6.45) is 13.1. The fraction of sp³-hybridized carbons (Fsp3) is 0.818. The number of nitrogens with zero attached hydrogens (tertiary/aromatic N) is 1. The maximum Gasteiger partial charge on any atom is 0.302 e. The number of allylic oxidation sites excluding steroid dienone is 1.